The van der Waals surface area contributed by atoms with Crippen LogP contribution in [0.2, 0.25) is 0 Å². The number of hydrogen-bond acceptors (Lipinski definition) is 3. The van der Waals surface area contributed by atoms with E-state index in [0.29, 0.717) is 24.6 Å². The van der Waals surface area contributed by atoms with Crippen molar-refractivity contribution in [3.63, 3.8) is 0 Å². The van der Waals surface area contributed by atoms with Crippen LogP contribution in [0, 0.1) is 5.92 Å². The zero-order valence-electron chi connectivity index (χ0n) is 10.5. The van der Waals surface area contributed by atoms with Crippen LogP contribution < -0.4 is 5.32 Å². The lowest BCUT2D eigenvalue weighted by Crippen LogP contribution is -2.63. The SMILES string of the molecule is CN1C[C@@H]2O[C@@H](CNC(=O)C3CCC3)CC[C@@H]21. The Labute approximate surface area is 103 Å². The third kappa shape index (κ3) is 2.20. The van der Waals surface area contributed by atoms with E-state index in [9.17, 15) is 4.79 Å². The molecule has 1 N–H and O–H groups in total. The smallest absolute Gasteiger partial charge is 0.223 e. The van der Waals surface area contributed by atoms with E-state index < -0.39 is 0 Å². The van der Waals surface area contributed by atoms with E-state index in [1.54, 1.807) is 0 Å². The third-order valence-corrected chi connectivity index (χ3v) is 4.59. The summed E-state index contributed by atoms with van der Waals surface area (Å²) in [6.45, 7) is 1.76. The second-order valence-electron chi connectivity index (χ2n) is 5.75. The van der Waals surface area contributed by atoms with E-state index in [0.717, 1.165) is 25.8 Å². The van der Waals surface area contributed by atoms with Crippen molar-refractivity contribution in [2.45, 2.75) is 50.4 Å². The van der Waals surface area contributed by atoms with Gasteiger partial charge in [0.1, 0.15) is 0 Å². The molecule has 4 nitrogen and oxygen atoms in total. The molecule has 2 aliphatic heterocycles. The molecule has 4 heteroatoms. The number of nitrogens with zero attached hydrogens (tertiary/aromatic N) is 1. The van der Waals surface area contributed by atoms with Gasteiger partial charge in [-0.2, -0.15) is 0 Å². The van der Waals surface area contributed by atoms with Crippen LogP contribution in [0.3, 0.4) is 0 Å². The fourth-order valence-electron chi connectivity index (χ4n) is 3.08. The summed E-state index contributed by atoms with van der Waals surface area (Å²) < 4.78 is 5.98. The average molecular weight is 238 g/mol. The van der Waals surface area contributed by atoms with Crippen LogP contribution in [0.15, 0.2) is 0 Å². The van der Waals surface area contributed by atoms with Crippen molar-refractivity contribution >= 4 is 5.91 Å². The van der Waals surface area contributed by atoms with Gasteiger partial charge in [0.25, 0.3) is 0 Å². The first kappa shape index (κ1) is 11.5. The van der Waals surface area contributed by atoms with E-state index >= 15 is 0 Å². The topological polar surface area (TPSA) is 41.6 Å². The Balaban J connectivity index is 1.39. The van der Waals surface area contributed by atoms with Gasteiger partial charge in [-0.3, -0.25) is 9.69 Å². The van der Waals surface area contributed by atoms with Crippen molar-refractivity contribution in [2.75, 3.05) is 20.1 Å². The van der Waals surface area contributed by atoms with Crippen molar-refractivity contribution in [3.05, 3.63) is 0 Å². The van der Waals surface area contributed by atoms with Gasteiger partial charge in [0, 0.05) is 25.0 Å². The molecule has 3 fully saturated rings. The van der Waals surface area contributed by atoms with Crippen molar-refractivity contribution in [1.82, 2.24) is 10.2 Å². The predicted octanol–water partition coefficient (Wildman–Crippen LogP) is 0.764. The van der Waals surface area contributed by atoms with Crippen molar-refractivity contribution in [2.24, 2.45) is 5.92 Å². The minimum atomic E-state index is 0.243. The summed E-state index contributed by atoms with van der Waals surface area (Å²) in [5.74, 6) is 0.536. The molecule has 0 aromatic rings. The Morgan fingerprint density at radius 2 is 2.18 bits per heavy atom. The van der Waals surface area contributed by atoms with Crippen LogP contribution in [0.5, 0.6) is 0 Å². The zero-order chi connectivity index (χ0) is 11.8. The molecule has 1 amide bonds. The molecular weight excluding hydrogens is 216 g/mol. The maximum Gasteiger partial charge on any atom is 0.223 e. The molecule has 2 heterocycles. The van der Waals surface area contributed by atoms with Crippen LogP contribution in [0.4, 0.5) is 0 Å². The number of fused-ring (bicyclic) bond motifs is 1. The summed E-state index contributed by atoms with van der Waals surface area (Å²) in [5.41, 5.74) is 0. The van der Waals surface area contributed by atoms with Crippen LogP contribution >= 0.6 is 0 Å². The van der Waals surface area contributed by atoms with Crippen LogP contribution in [-0.4, -0.2) is 49.2 Å². The van der Waals surface area contributed by atoms with Gasteiger partial charge < -0.3 is 10.1 Å². The first-order valence-corrected chi connectivity index (χ1v) is 6.87. The zero-order valence-corrected chi connectivity index (χ0v) is 10.5. The number of likely N-dealkylation sites (tertiary alicyclic amines) is 1. The van der Waals surface area contributed by atoms with Crippen LogP contribution in [-0.2, 0) is 9.53 Å². The Morgan fingerprint density at radius 1 is 1.35 bits per heavy atom. The fourth-order valence-corrected chi connectivity index (χ4v) is 3.08. The Kier molecular flexibility index (Phi) is 3.09. The quantitative estimate of drug-likeness (QED) is 0.789. The van der Waals surface area contributed by atoms with Crippen molar-refractivity contribution in [3.8, 4) is 0 Å². The van der Waals surface area contributed by atoms with Gasteiger partial charge in [0.2, 0.25) is 5.91 Å². The summed E-state index contributed by atoms with van der Waals surface area (Å²) in [4.78, 5) is 14.1. The highest BCUT2D eigenvalue weighted by molar-refractivity contribution is 5.79. The number of amides is 1. The largest absolute Gasteiger partial charge is 0.370 e. The number of likely N-dealkylation sites (N-methyl/N-ethyl adjacent to an activating group) is 1. The van der Waals surface area contributed by atoms with Gasteiger partial charge in [-0.25, -0.2) is 0 Å². The summed E-state index contributed by atoms with van der Waals surface area (Å²) >= 11 is 0. The Bertz CT molecular complexity index is 304. The molecule has 0 bridgehead atoms. The lowest BCUT2D eigenvalue weighted by molar-refractivity contribution is -0.159. The molecule has 0 aromatic carbocycles. The number of ether oxygens (including phenoxy) is 1. The molecule has 2 saturated heterocycles. The van der Waals surface area contributed by atoms with Crippen molar-refractivity contribution in [1.29, 1.82) is 0 Å². The minimum Gasteiger partial charge on any atom is -0.370 e. The summed E-state index contributed by atoms with van der Waals surface area (Å²) in [6, 6.07) is 0.633. The number of carbonyl (C=O) groups excluding carboxylic acids is 1. The molecule has 3 atom stereocenters. The second-order valence-corrected chi connectivity index (χ2v) is 5.75. The average Bonchev–Trinajstić information content (AvgIpc) is 2.22. The molecule has 3 rings (SSSR count). The fraction of sp³-hybridized carbons (Fsp3) is 0.923. The van der Waals surface area contributed by atoms with Crippen LogP contribution in [0.25, 0.3) is 0 Å². The van der Waals surface area contributed by atoms with Gasteiger partial charge in [-0.1, -0.05) is 6.42 Å². The molecule has 17 heavy (non-hydrogen) atoms. The molecule has 1 aliphatic carbocycles. The first-order chi connectivity index (χ1) is 8.24. The highest BCUT2D eigenvalue weighted by Gasteiger charge is 2.41. The Morgan fingerprint density at radius 3 is 2.76 bits per heavy atom. The molecule has 1 saturated carbocycles. The van der Waals surface area contributed by atoms with Crippen LogP contribution in [0.1, 0.15) is 32.1 Å². The number of rotatable bonds is 3. The standard InChI is InChI=1S/C13H22N2O2/c1-15-8-12-11(15)6-5-10(17-12)7-14-13(16)9-3-2-4-9/h9-12H,2-8H2,1H3,(H,14,16)/t10-,11+,12+/m1/s1. The van der Waals surface area contributed by atoms with Gasteiger partial charge in [0.15, 0.2) is 0 Å². The monoisotopic (exact) mass is 238 g/mol. The molecule has 0 radical (unpaired) electrons. The maximum atomic E-state index is 11.7. The molecule has 0 unspecified atom stereocenters. The summed E-state index contributed by atoms with van der Waals surface area (Å²) in [5, 5.41) is 3.05. The molecule has 96 valence electrons. The van der Waals surface area contributed by atoms with Gasteiger partial charge in [-0.05, 0) is 32.7 Å². The summed E-state index contributed by atoms with van der Waals surface area (Å²) in [6.07, 6.45) is 6.32. The molecule has 0 aromatic heterocycles. The normalized spacial score (nSPS) is 37.8. The number of carbonyl (C=O) groups is 1. The van der Waals surface area contributed by atoms with E-state index in [1.165, 1.54) is 12.8 Å². The van der Waals surface area contributed by atoms with E-state index in [4.69, 9.17) is 4.74 Å². The van der Waals surface area contributed by atoms with E-state index in [-0.39, 0.29) is 12.0 Å². The third-order valence-electron chi connectivity index (χ3n) is 4.59. The van der Waals surface area contributed by atoms with E-state index in [2.05, 4.69) is 17.3 Å². The lowest BCUT2D eigenvalue weighted by Gasteiger charge is -2.50. The predicted molar refractivity (Wildman–Crippen MR) is 64.7 cm³/mol. The molecule has 0 spiro atoms. The van der Waals surface area contributed by atoms with Gasteiger partial charge in [-0.15, -0.1) is 0 Å². The first-order valence-electron chi connectivity index (χ1n) is 6.87. The maximum absolute atomic E-state index is 11.7. The molecular formula is C13H22N2O2. The highest BCUT2D eigenvalue weighted by atomic mass is 16.5. The van der Waals surface area contributed by atoms with Gasteiger partial charge in [0.05, 0.1) is 12.2 Å². The second kappa shape index (κ2) is 4.58. The summed E-state index contributed by atoms with van der Waals surface area (Å²) in [7, 11) is 2.16. The molecule has 3 aliphatic rings. The number of nitrogens with one attached hydrogen (secondary N) is 1. The van der Waals surface area contributed by atoms with E-state index in [1.807, 2.05) is 0 Å². The Hall–Kier alpha value is -0.610. The lowest BCUT2D eigenvalue weighted by atomic mass is 9.84. The number of hydrogen-bond donors (Lipinski definition) is 1. The van der Waals surface area contributed by atoms with Gasteiger partial charge >= 0.3 is 0 Å². The van der Waals surface area contributed by atoms with Crippen molar-refractivity contribution < 1.29 is 9.53 Å². The highest BCUT2D eigenvalue weighted by Crippen LogP contribution is 2.31. The minimum absolute atomic E-state index is 0.243.